The molecule has 0 aliphatic carbocycles. The number of pyridine rings is 1. The topological polar surface area (TPSA) is 12.9 Å². The maximum absolute atomic E-state index is 4.21. The summed E-state index contributed by atoms with van der Waals surface area (Å²) in [7, 11) is 0. The molecule has 0 spiro atoms. The molecule has 0 saturated carbocycles. The molecule has 0 aliphatic heterocycles. The van der Waals surface area contributed by atoms with Crippen molar-refractivity contribution >= 4 is 23.5 Å². The monoisotopic (exact) mass is 171 g/mol. The van der Waals surface area contributed by atoms with E-state index in [2.05, 4.69) is 17.3 Å². The highest BCUT2D eigenvalue weighted by molar-refractivity contribution is 7.99. The van der Waals surface area contributed by atoms with Crippen LogP contribution in [0.1, 0.15) is 0 Å². The molecule has 54 valence electrons. The maximum Gasteiger partial charge on any atom is 0.0957 e. The van der Waals surface area contributed by atoms with Crippen LogP contribution in [0.2, 0.25) is 0 Å². The quantitative estimate of drug-likeness (QED) is 0.635. The van der Waals surface area contributed by atoms with Gasteiger partial charge in [-0.2, -0.15) is 0 Å². The Balaban J connectivity index is 2.80. The van der Waals surface area contributed by atoms with Gasteiger partial charge in [-0.1, -0.05) is 0 Å². The van der Waals surface area contributed by atoms with Crippen molar-refractivity contribution in [1.29, 1.82) is 0 Å². The lowest BCUT2D eigenvalue weighted by molar-refractivity contribution is 1.09. The molecule has 3 heteroatoms. The van der Waals surface area contributed by atoms with E-state index in [1.165, 1.54) is 4.90 Å². The highest BCUT2D eigenvalue weighted by atomic mass is 32.2. The van der Waals surface area contributed by atoms with Crippen molar-refractivity contribution in [1.82, 2.24) is 4.98 Å². The molecular weight excluding hydrogens is 162 g/mol. The van der Waals surface area contributed by atoms with Gasteiger partial charge in [0.15, 0.2) is 0 Å². The summed E-state index contributed by atoms with van der Waals surface area (Å²) in [5.41, 5.74) is 0. The third-order valence-corrected chi connectivity index (χ3v) is 2.53. The van der Waals surface area contributed by atoms with Crippen LogP contribution in [-0.4, -0.2) is 17.5 Å². The Morgan fingerprint density at radius 3 is 2.40 bits per heavy atom. The van der Waals surface area contributed by atoms with Crippen molar-refractivity contribution in [2.45, 2.75) is 9.92 Å². The van der Waals surface area contributed by atoms with E-state index < -0.39 is 0 Å². The van der Waals surface area contributed by atoms with Gasteiger partial charge in [0, 0.05) is 11.1 Å². The molecule has 0 radical (unpaired) electrons. The van der Waals surface area contributed by atoms with Gasteiger partial charge in [0.05, 0.1) is 5.03 Å². The van der Waals surface area contributed by atoms with Crippen molar-refractivity contribution in [2.75, 3.05) is 12.5 Å². The van der Waals surface area contributed by atoms with Crippen LogP contribution >= 0.6 is 23.5 Å². The van der Waals surface area contributed by atoms with Gasteiger partial charge in [0.25, 0.3) is 0 Å². The number of aromatic nitrogens is 1. The number of rotatable bonds is 2. The van der Waals surface area contributed by atoms with E-state index in [9.17, 15) is 0 Å². The summed E-state index contributed by atoms with van der Waals surface area (Å²) in [6.45, 7) is 0. The van der Waals surface area contributed by atoms with E-state index in [0.717, 1.165) is 5.03 Å². The lowest BCUT2D eigenvalue weighted by Crippen LogP contribution is -1.77. The van der Waals surface area contributed by atoms with Crippen LogP contribution in [0.3, 0.4) is 0 Å². The predicted octanol–water partition coefficient (Wildman–Crippen LogP) is 2.53. The van der Waals surface area contributed by atoms with Gasteiger partial charge in [-0.15, -0.1) is 23.5 Å². The van der Waals surface area contributed by atoms with Crippen LogP contribution in [0, 0.1) is 0 Å². The van der Waals surface area contributed by atoms with E-state index in [1.807, 2.05) is 18.5 Å². The SMILES string of the molecule is CSc1ccc(SC)nc1. The minimum Gasteiger partial charge on any atom is -0.249 e. The fraction of sp³-hybridized carbons (Fsp3) is 0.286. The Labute approximate surface area is 69.6 Å². The molecule has 0 atom stereocenters. The first-order valence-corrected chi connectivity index (χ1v) is 5.36. The van der Waals surface area contributed by atoms with Crippen LogP contribution in [-0.2, 0) is 0 Å². The Morgan fingerprint density at radius 1 is 1.20 bits per heavy atom. The number of hydrogen-bond acceptors (Lipinski definition) is 3. The zero-order valence-corrected chi connectivity index (χ0v) is 7.63. The lowest BCUT2D eigenvalue weighted by Gasteiger charge is -1.95. The summed E-state index contributed by atoms with van der Waals surface area (Å²) in [5.74, 6) is 0. The molecule has 1 rings (SSSR count). The molecule has 0 saturated heterocycles. The maximum atomic E-state index is 4.21. The van der Waals surface area contributed by atoms with E-state index in [0.29, 0.717) is 0 Å². The Morgan fingerprint density at radius 2 is 2.00 bits per heavy atom. The summed E-state index contributed by atoms with van der Waals surface area (Å²) in [6, 6.07) is 4.12. The molecule has 0 aromatic carbocycles. The average molecular weight is 171 g/mol. The van der Waals surface area contributed by atoms with E-state index in [4.69, 9.17) is 0 Å². The standard InChI is InChI=1S/C7H9NS2/c1-9-6-3-4-7(10-2)8-5-6/h3-5H,1-2H3. The first kappa shape index (κ1) is 7.95. The molecule has 1 heterocycles. The van der Waals surface area contributed by atoms with Crippen molar-refractivity contribution < 1.29 is 0 Å². The second-order valence-electron chi connectivity index (χ2n) is 1.74. The van der Waals surface area contributed by atoms with Crippen molar-refractivity contribution in [3.8, 4) is 0 Å². The van der Waals surface area contributed by atoms with E-state index in [1.54, 1.807) is 23.5 Å². The van der Waals surface area contributed by atoms with E-state index >= 15 is 0 Å². The first-order valence-electron chi connectivity index (χ1n) is 2.91. The van der Waals surface area contributed by atoms with Crippen molar-refractivity contribution in [3.05, 3.63) is 18.3 Å². The zero-order chi connectivity index (χ0) is 7.40. The first-order chi connectivity index (χ1) is 4.86. The Bertz CT molecular complexity index is 172. The summed E-state index contributed by atoms with van der Waals surface area (Å²) in [4.78, 5) is 5.43. The van der Waals surface area contributed by atoms with Crippen LogP contribution < -0.4 is 0 Å². The lowest BCUT2D eigenvalue weighted by atomic mass is 10.5. The highest BCUT2D eigenvalue weighted by Gasteiger charge is 1.90. The molecule has 0 amide bonds. The predicted molar refractivity (Wildman–Crippen MR) is 47.8 cm³/mol. The Kier molecular flexibility index (Phi) is 3.09. The second kappa shape index (κ2) is 3.88. The summed E-state index contributed by atoms with van der Waals surface area (Å²) < 4.78 is 0. The number of hydrogen-bond donors (Lipinski definition) is 0. The van der Waals surface area contributed by atoms with Gasteiger partial charge < -0.3 is 0 Å². The van der Waals surface area contributed by atoms with Gasteiger partial charge in [0.1, 0.15) is 0 Å². The van der Waals surface area contributed by atoms with E-state index in [-0.39, 0.29) is 0 Å². The van der Waals surface area contributed by atoms with Gasteiger partial charge in [0.2, 0.25) is 0 Å². The third kappa shape index (κ3) is 1.92. The van der Waals surface area contributed by atoms with Gasteiger partial charge in [-0.25, -0.2) is 4.98 Å². The molecule has 0 fully saturated rings. The van der Waals surface area contributed by atoms with Gasteiger partial charge >= 0.3 is 0 Å². The molecule has 1 aromatic rings. The molecule has 1 nitrogen and oxygen atoms in total. The highest BCUT2D eigenvalue weighted by Crippen LogP contribution is 2.16. The fourth-order valence-electron chi connectivity index (χ4n) is 0.608. The molecule has 0 aliphatic rings. The number of thioether (sulfide) groups is 2. The van der Waals surface area contributed by atoms with Gasteiger partial charge in [-0.3, -0.25) is 0 Å². The summed E-state index contributed by atoms with van der Waals surface area (Å²) in [6.07, 6.45) is 5.98. The average Bonchev–Trinajstić information content (AvgIpc) is 2.05. The largest absolute Gasteiger partial charge is 0.249 e. The molecule has 0 N–H and O–H groups in total. The minimum absolute atomic E-state index is 1.08. The fourth-order valence-corrected chi connectivity index (χ4v) is 1.33. The Hall–Kier alpha value is -0.150. The summed E-state index contributed by atoms with van der Waals surface area (Å²) in [5, 5.41) is 1.08. The molecule has 0 unspecified atom stereocenters. The zero-order valence-electron chi connectivity index (χ0n) is 6.00. The molecule has 10 heavy (non-hydrogen) atoms. The minimum atomic E-state index is 1.08. The van der Waals surface area contributed by atoms with Crippen LogP contribution in [0.25, 0.3) is 0 Å². The molecule has 1 aromatic heterocycles. The van der Waals surface area contributed by atoms with Gasteiger partial charge in [-0.05, 0) is 24.6 Å². The molecule has 0 bridgehead atoms. The third-order valence-electron chi connectivity index (χ3n) is 1.15. The second-order valence-corrected chi connectivity index (χ2v) is 3.45. The van der Waals surface area contributed by atoms with Crippen molar-refractivity contribution in [2.24, 2.45) is 0 Å². The molecular formula is C7H9NS2. The normalized spacial score (nSPS) is 9.80. The van der Waals surface area contributed by atoms with Crippen LogP contribution in [0.5, 0.6) is 0 Å². The van der Waals surface area contributed by atoms with Crippen LogP contribution in [0.4, 0.5) is 0 Å². The number of nitrogens with zero attached hydrogens (tertiary/aromatic N) is 1. The summed E-state index contributed by atoms with van der Waals surface area (Å²) >= 11 is 3.38. The van der Waals surface area contributed by atoms with Crippen LogP contribution in [0.15, 0.2) is 28.3 Å². The van der Waals surface area contributed by atoms with Crippen molar-refractivity contribution in [3.63, 3.8) is 0 Å². The smallest absolute Gasteiger partial charge is 0.0957 e.